The molecule has 2 aromatic carbocycles. The number of amides is 1. The fraction of sp³-hybridized carbons (Fsp3) is 0.409. The third kappa shape index (κ3) is 4.94. The zero-order valence-electron chi connectivity index (χ0n) is 17.7. The molecule has 1 aliphatic rings. The molecule has 1 heterocycles. The highest BCUT2D eigenvalue weighted by atomic mass is 32.2. The van der Waals surface area contributed by atoms with E-state index < -0.39 is 10.0 Å². The molecule has 0 bridgehead atoms. The SMILES string of the molecule is COc1ccc(N(CC(=O)N2CC(C)OC(C)C2)S(=O)(=O)c2ccc(C)cc2)cc1. The zero-order valence-corrected chi connectivity index (χ0v) is 18.6. The van der Waals surface area contributed by atoms with E-state index in [0.717, 1.165) is 9.87 Å². The lowest BCUT2D eigenvalue weighted by Gasteiger charge is -2.36. The summed E-state index contributed by atoms with van der Waals surface area (Å²) in [6, 6.07) is 13.2. The van der Waals surface area contributed by atoms with Gasteiger partial charge in [0.25, 0.3) is 10.0 Å². The molecule has 1 fully saturated rings. The molecule has 0 radical (unpaired) electrons. The second-order valence-corrected chi connectivity index (χ2v) is 9.44. The van der Waals surface area contributed by atoms with E-state index in [9.17, 15) is 13.2 Å². The van der Waals surface area contributed by atoms with Crippen molar-refractivity contribution in [2.45, 2.75) is 37.9 Å². The highest BCUT2D eigenvalue weighted by molar-refractivity contribution is 7.92. The van der Waals surface area contributed by atoms with Crippen molar-refractivity contribution >= 4 is 21.6 Å². The summed E-state index contributed by atoms with van der Waals surface area (Å²) < 4.78 is 38.9. The maximum Gasteiger partial charge on any atom is 0.264 e. The number of anilines is 1. The number of morpholine rings is 1. The van der Waals surface area contributed by atoms with Gasteiger partial charge in [-0.15, -0.1) is 0 Å². The van der Waals surface area contributed by atoms with E-state index in [-0.39, 0.29) is 29.6 Å². The molecule has 3 rings (SSSR count). The second-order valence-electron chi connectivity index (χ2n) is 7.58. The minimum Gasteiger partial charge on any atom is -0.497 e. The number of benzene rings is 2. The van der Waals surface area contributed by atoms with Crippen molar-refractivity contribution in [3.8, 4) is 5.75 Å². The molecule has 2 atom stereocenters. The first kappa shape index (κ1) is 22.1. The lowest BCUT2D eigenvalue weighted by molar-refractivity contribution is -0.141. The van der Waals surface area contributed by atoms with Crippen LogP contribution in [0.4, 0.5) is 5.69 Å². The Kier molecular flexibility index (Phi) is 6.67. The summed E-state index contributed by atoms with van der Waals surface area (Å²) in [7, 11) is -2.40. The number of aryl methyl sites for hydroxylation is 1. The van der Waals surface area contributed by atoms with Crippen LogP contribution < -0.4 is 9.04 Å². The van der Waals surface area contributed by atoms with Crippen LogP contribution in [0.15, 0.2) is 53.4 Å². The van der Waals surface area contributed by atoms with Crippen molar-refractivity contribution < 1.29 is 22.7 Å². The largest absolute Gasteiger partial charge is 0.497 e. The monoisotopic (exact) mass is 432 g/mol. The maximum atomic E-state index is 13.4. The van der Waals surface area contributed by atoms with E-state index in [4.69, 9.17) is 9.47 Å². The van der Waals surface area contributed by atoms with Crippen LogP contribution in [-0.2, 0) is 19.6 Å². The third-order valence-corrected chi connectivity index (χ3v) is 6.81. The van der Waals surface area contributed by atoms with Crippen LogP contribution in [0.3, 0.4) is 0 Å². The molecule has 8 heteroatoms. The number of nitrogens with zero attached hydrogens (tertiary/aromatic N) is 2. The Morgan fingerprint density at radius 2 is 1.63 bits per heavy atom. The second kappa shape index (κ2) is 9.06. The van der Waals surface area contributed by atoms with Gasteiger partial charge in [0, 0.05) is 13.1 Å². The van der Waals surface area contributed by atoms with Gasteiger partial charge < -0.3 is 14.4 Å². The molecule has 2 aromatic rings. The van der Waals surface area contributed by atoms with Gasteiger partial charge in [-0.05, 0) is 57.2 Å². The van der Waals surface area contributed by atoms with E-state index in [1.54, 1.807) is 60.5 Å². The van der Waals surface area contributed by atoms with Crippen LogP contribution in [0.5, 0.6) is 5.75 Å². The molecule has 30 heavy (non-hydrogen) atoms. The van der Waals surface area contributed by atoms with Gasteiger partial charge in [0.05, 0.1) is 29.9 Å². The van der Waals surface area contributed by atoms with Crippen molar-refractivity contribution in [2.75, 3.05) is 31.0 Å². The van der Waals surface area contributed by atoms with E-state index in [1.165, 1.54) is 0 Å². The highest BCUT2D eigenvalue weighted by Gasteiger charge is 2.31. The fourth-order valence-corrected chi connectivity index (χ4v) is 4.92. The number of carbonyl (C=O) groups excluding carboxylic acids is 1. The van der Waals surface area contributed by atoms with E-state index >= 15 is 0 Å². The van der Waals surface area contributed by atoms with E-state index in [1.807, 2.05) is 20.8 Å². The third-order valence-electron chi connectivity index (χ3n) is 5.02. The Morgan fingerprint density at radius 3 is 2.17 bits per heavy atom. The lowest BCUT2D eigenvalue weighted by Crippen LogP contribution is -2.51. The van der Waals surface area contributed by atoms with Gasteiger partial charge in [-0.3, -0.25) is 9.10 Å². The van der Waals surface area contributed by atoms with Crippen LogP contribution in [-0.4, -0.2) is 58.2 Å². The highest BCUT2D eigenvalue weighted by Crippen LogP contribution is 2.26. The number of ether oxygens (including phenoxy) is 2. The molecule has 0 aromatic heterocycles. The average molecular weight is 433 g/mol. The van der Waals surface area contributed by atoms with E-state index in [0.29, 0.717) is 24.5 Å². The molecule has 7 nitrogen and oxygen atoms in total. The molecule has 0 saturated carbocycles. The summed E-state index contributed by atoms with van der Waals surface area (Å²) in [4.78, 5) is 14.9. The predicted octanol–water partition coefficient (Wildman–Crippen LogP) is 2.83. The Bertz CT molecular complexity index is 964. The van der Waals surface area contributed by atoms with Crippen LogP contribution in [0.1, 0.15) is 19.4 Å². The van der Waals surface area contributed by atoms with Gasteiger partial charge >= 0.3 is 0 Å². The van der Waals surface area contributed by atoms with E-state index in [2.05, 4.69) is 0 Å². The quantitative estimate of drug-likeness (QED) is 0.702. The average Bonchev–Trinajstić information content (AvgIpc) is 2.71. The molecular formula is C22H28N2O5S. The van der Waals surface area contributed by atoms with Crippen LogP contribution >= 0.6 is 0 Å². The number of rotatable bonds is 6. The van der Waals surface area contributed by atoms with Crippen LogP contribution in [0, 0.1) is 6.92 Å². The lowest BCUT2D eigenvalue weighted by atomic mass is 10.2. The molecule has 0 aliphatic carbocycles. The predicted molar refractivity (Wildman–Crippen MR) is 115 cm³/mol. The summed E-state index contributed by atoms with van der Waals surface area (Å²) in [6.07, 6.45) is -0.193. The zero-order chi connectivity index (χ0) is 21.9. The van der Waals surface area contributed by atoms with Gasteiger partial charge in [-0.2, -0.15) is 0 Å². The topological polar surface area (TPSA) is 76.2 Å². The number of hydrogen-bond acceptors (Lipinski definition) is 5. The minimum absolute atomic E-state index is 0.0964. The standard InChI is InChI=1S/C22H28N2O5S/c1-16-5-11-21(12-6-16)30(26,27)24(19-7-9-20(28-4)10-8-19)15-22(25)23-13-17(2)29-18(3)14-23/h5-12,17-18H,13-15H2,1-4H3. The molecule has 1 amide bonds. The Balaban J connectivity index is 1.94. The molecule has 1 saturated heterocycles. The first-order valence-electron chi connectivity index (χ1n) is 9.87. The minimum atomic E-state index is -3.94. The van der Waals surface area contributed by atoms with Gasteiger partial charge in [-0.25, -0.2) is 8.42 Å². The van der Waals surface area contributed by atoms with Crippen LogP contribution in [0.25, 0.3) is 0 Å². The molecule has 0 N–H and O–H groups in total. The van der Waals surface area contributed by atoms with Crippen molar-refractivity contribution in [1.82, 2.24) is 4.90 Å². The first-order valence-corrected chi connectivity index (χ1v) is 11.3. The Morgan fingerprint density at radius 1 is 1.07 bits per heavy atom. The number of hydrogen-bond donors (Lipinski definition) is 0. The number of methoxy groups -OCH3 is 1. The van der Waals surface area contributed by atoms with Gasteiger partial charge in [0.2, 0.25) is 5.91 Å². The summed E-state index contributed by atoms with van der Waals surface area (Å²) in [5.74, 6) is 0.345. The van der Waals surface area contributed by atoms with Gasteiger partial charge in [0.1, 0.15) is 12.3 Å². The fourth-order valence-electron chi connectivity index (χ4n) is 3.51. The Hall–Kier alpha value is -2.58. The summed E-state index contributed by atoms with van der Waals surface area (Å²) in [5.41, 5.74) is 1.36. The summed E-state index contributed by atoms with van der Waals surface area (Å²) in [5, 5.41) is 0. The number of sulfonamides is 1. The summed E-state index contributed by atoms with van der Waals surface area (Å²) >= 11 is 0. The van der Waals surface area contributed by atoms with Crippen LogP contribution in [0.2, 0.25) is 0 Å². The van der Waals surface area contributed by atoms with Crippen molar-refractivity contribution in [3.05, 3.63) is 54.1 Å². The van der Waals surface area contributed by atoms with Crippen molar-refractivity contribution in [2.24, 2.45) is 0 Å². The van der Waals surface area contributed by atoms with Gasteiger partial charge in [0.15, 0.2) is 0 Å². The molecule has 162 valence electrons. The molecule has 2 unspecified atom stereocenters. The maximum absolute atomic E-state index is 13.4. The molecule has 1 aliphatic heterocycles. The number of carbonyl (C=O) groups is 1. The normalized spacial score (nSPS) is 19.4. The van der Waals surface area contributed by atoms with Gasteiger partial charge in [-0.1, -0.05) is 17.7 Å². The molecular weight excluding hydrogens is 404 g/mol. The Labute approximate surface area is 178 Å². The smallest absolute Gasteiger partial charge is 0.264 e. The van der Waals surface area contributed by atoms with Crippen molar-refractivity contribution in [3.63, 3.8) is 0 Å². The first-order chi connectivity index (χ1) is 14.2. The van der Waals surface area contributed by atoms with Crippen molar-refractivity contribution in [1.29, 1.82) is 0 Å². The molecule has 0 spiro atoms. The summed E-state index contributed by atoms with van der Waals surface area (Å²) in [6.45, 7) is 6.28.